The number of benzene rings is 3. The van der Waals surface area contributed by atoms with E-state index in [1.165, 1.54) is 0 Å². The Morgan fingerprint density at radius 1 is 0.944 bits per heavy atom. The maximum Gasteiger partial charge on any atom is 0.226 e. The van der Waals surface area contributed by atoms with Crippen LogP contribution in [0.3, 0.4) is 0 Å². The average Bonchev–Trinajstić information content (AvgIpc) is 3.40. The molecule has 0 fully saturated rings. The molecule has 2 aliphatic heterocycles. The van der Waals surface area contributed by atoms with E-state index in [9.17, 15) is 0 Å². The molecule has 1 N–H and O–H groups in total. The van der Waals surface area contributed by atoms with E-state index >= 15 is 0 Å². The maximum absolute atomic E-state index is 6.68. The molecule has 0 bridgehead atoms. The second-order valence-corrected chi connectivity index (χ2v) is 8.50. The molecule has 182 valence electrons. The van der Waals surface area contributed by atoms with E-state index in [0.29, 0.717) is 24.1 Å². The Hall–Kier alpha value is -4.46. The number of para-hydroxylation sites is 1. The minimum Gasteiger partial charge on any atom is -0.497 e. The Kier molecular flexibility index (Phi) is 5.48. The largest absolute Gasteiger partial charge is 0.497 e. The molecule has 0 aliphatic carbocycles. The van der Waals surface area contributed by atoms with Gasteiger partial charge in [0.05, 0.1) is 26.5 Å². The Labute approximate surface area is 209 Å². The van der Waals surface area contributed by atoms with Crippen LogP contribution < -0.4 is 24.3 Å². The molecule has 2 atom stereocenters. The highest BCUT2D eigenvalue weighted by atomic mass is 16.5. The molecule has 4 aromatic rings. The van der Waals surface area contributed by atoms with E-state index < -0.39 is 6.10 Å². The van der Waals surface area contributed by atoms with Crippen LogP contribution in [-0.4, -0.2) is 35.6 Å². The van der Waals surface area contributed by atoms with Gasteiger partial charge in [0.15, 0.2) is 11.5 Å². The number of aromatic nitrogens is 3. The molecule has 3 aromatic carbocycles. The second-order valence-electron chi connectivity index (χ2n) is 8.50. The van der Waals surface area contributed by atoms with Crippen LogP contribution in [0.15, 0.2) is 78.6 Å². The van der Waals surface area contributed by atoms with Crippen LogP contribution in [0.1, 0.15) is 35.8 Å². The number of rotatable bonds is 6. The number of ether oxygens (including phenoxy) is 4. The van der Waals surface area contributed by atoms with Crippen LogP contribution in [0, 0.1) is 0 Å². The fourth-order valence-corrected chi connectivity index (χ4v) is 4.95. The van der Waals surface area contributed by atoms with Gasteiger partial charge in [0.2, 0.25) is 5.95 Å². The molecule has 0 unspecified atom stereocenters. The predicted octanol–water partition coefficient (Wildman–Crippen LogP) is 5.25. The molecule has 0 radical (unpaired) electrons. The van der Waals surface area contributed by atoms with Crippen molar-refractivity contribution in [1.82, 2.24) is 14.8 Å². The van der Waals surface area contributed by atoms with Crippen molar-refractivity contribution in [3.63, 3.8) is 0 Å². The first kappa shape index (κ1) is 22.0. The third-order valence-corrected chi connectivity index (χ3v) is 6.52. The minimum atomic E-state index is -0.391. The molecule has 0 saturated carbocycles. The quantitative estimate of drug-likeness (QED) is 0.402. The van der Waals surface area contributed by atoms with Crippen molar-refractivity contribution in [2.24, 2.45) is 0 Å². The van der Waals surface area contributed by atoms with Gasteiger partial charge in [-0.1, -0.05) is 30.3 Å². The molecular formula is C28H26N4O4. The average molecular weight is 483 g/mol. The lowest BCUT2D eigenvalue weighted by atomic mass is 9.84. The summed E-state index contributed by atoms with van der Waals surface area (Å²) in [7, 11) is 3.31. The van der Waals surface area contributed by atoms with Crippen molar-refractivity contribution in [2.45, 2.75) is 19.1 Å². The summed E-state index contributed by atoms with van der Waals surface area (Å²) < 4.78 is 25.5. The van der Waals surface area contributed by atoms with Crippen LogP contribution in [0.4, 0.5) is 5.95 Å². The van der Waals surface area contributed by atoms with Crippen LogP contribution in [0.5, 0.6) is 23.0 Å². The van der Waals surface area contributed by atoms with Gasteiger partial charge in [-0.3, -0.25) is 0 Å². The third kappa shape index (κ3) is 3.53. The van der Waals surface area contributed by atoms with Crippen LogP contribution in [-0.2, 0) is 0 Å². The first-order chi connectivity index (χ1) is 17.7. The lowest BCUT2D eigenvalue weighted by Crippen LogP contribution is -2.32. The van der Waals surface area contributed by atoms with Gasteiger partial charge >= 0.3 is 0 Å². The van der Waals surface area contributed by atoms with Crippen molar-refractivity contribution in [2.75, 3.05) is 26.1 Å². The number of anilines is 1. The zero-order valence-electron chi connectivity index (χ0n) is 20.3. The summed E-state index contributed by atoms with van der Waals surface area (Å²) in [6.07, 6.45) is 1.17. The summed E-state index contributed by atoms with van der Waals surface area (Å²) in [5, 5.41) is 8.12. The smallest absolute Gasteiger partial charge is 0.226 e. The topological polar surface area (TPSA) is 79.7 Å². The van der Waals surface area contributed by atoms with Crippen molar-refractivity contribution < 1.29 is 18.9 Å². The van der Waals surface area contributed by atoms with Gasteiger partial charge in [-0.2, -0.15) is 10.1 Å². The molecule has 8 nitrogen and oxygen atoms in total. The zero-order chi connectivity index (χ0) is 24.6. The van der Waals surface area contributed by atoms with E-state index in [-0.39, 0.29) is 6.04 Å². The molecule has 8 heteroatoms. The maximum atomic E-state index is 6.68. The molecule has 1 aromatic heterocycles. The standard InChI is InChI=1S/C28H26N4O4/c1-4-35-22-13-12-17(15-23(22)34-3)26-24-25(31-28-29-16-30-32(26)28)20-10-5-6-11-21(20)36-27(24)18-8-7-9-19(14-18)33-2/h5-16,26-27H,4H2,1-3H3,(H,29,30,31)/t26-,27+/m1/s1. The third-order valence-electron chi connectivity index (χ3n) is 6.52. The van der Waals surface area contributed by atoms with Crippen LogP contribution >= 0.6 is 0 Å². The van der Waals surface area contributed by atoms with Gasteiger partial charge < -0.3 is 24.3 Å². The molecule has 2 aliphatic rings. The van der Waals surface area contributed by atoms with Crippen LogP contribution in [0.2, 0.25) is 0 Å². The number of nitrogens with one attached hydrogen (secondary N) is 1. The summed E-state index contributed by atoms with van der Waals surface area (Å²) in [4.78, 5) is 4.50. The van der Waals surface area contributed by atoms with Crippen molar-refractivity contribution >= 4 is 11.6 Å². The Morgan fingerprint density at radius 2 is 1.83 bits per heavy atom. The van der Waals surface area contributed by atoms with E-state index in [1.807, 2.05) is 66.2 Å². The summed E-state index contributed by atoms with van der Waals surface area (Å²) in [5.41, 5.74) is 4.91. The fourth-order valence-electron chi connectivity index (χ4n) is 4.95. The normalized spacial score (nSPS) is 17.8. The van der Waals surface area contributed by atoms with Crippen molar-refractivity contribution in [1.29, 1.82) is 0 Å². The number of hydrogen-bond donors (Lipinski definition) is 1. The molecule has 6 rings (SSSR count). The molecule has 36 heavy (non-hydrogen) atoms. The monoisotopic (exact) mass is 482 g/mol. The molecular weight excluding hydrogens is 456 g/mol. The van der Waals surface area contributed by atoms with E-state index in [1.54, 1.807) is 20.5 Å². The summed E-state index contributed by atoms with van der Waals surface area (Å²) in [5.74, 6) is 3.58. The van der Waals surface area contributed by atoms with Gasteiger partial charge in [0.25, 0.3) is 0 Å². The first-order valence-corrected chi connectivity index (χ1v) is 11.8. The number of nitrogens with zero attached hydrogens (tertiary/aromatic N) is 3. The highest BCUT2D eigenvalue weighted by Gasteiger charge is 2.41. The lowest BCUT2D eigenvalue weighted by molar-refractivity contribution is 0.222. The molecule has 0 amide bonds. The summed E-state index contributed by atoms with van der Waals surface area (Å²) in [6, 6.07) is 21.7. The van der Waals surface area contributed by atoms with Gasteiger partial charge in [0, 0.05) is 16.7 Å². The number of fused-ring (bicyclic) bond motifs is 3. The summed E-state index contributed by atoms with van der Waals surface area (Å²) in [6.45, 7) is 2.50. The Balaban J connectivity index is 1.59. The Bertz CT molecular complexity index is 1460. The lowest BCUT2D eigenvalue weighted by Gasteiger charge is -2.39. The molecule has 0 saturated heterocycles. The van der Waals surface area contributed by atoms with Crippen molar-refractivity contribution in [3.8, 4) is 23.0 Å². The number of methoxy groups -OCH3 is 2. The van der Waals surface area contributed by atoms with Gasteiger partial charge in [-0.05, 0) is 48.9 Å². The highest BCUT2D eigenvalue weighted by Crippen LogP contribution is 2.51. The van der Waals surface area contributed by atoms with E-state index in [0.717, 1.165) is 39.5 Å². The van der Waals surface area contributed by atoms with Gasteiger partial charge in [-0.25, -0.2) is 4.68 Å². The minimum absolute atomic E-state index is 0.298. The summed E-state index contributed by atoms with van der Waals surface area (Å²) >= 11 is 0. The number of hydrogen-bond acceptors (Lipinski definition) is 7. The Morgan fingerprint density at radius 3 is 2.67 bits per heavy atom. The molecule has 0 spiro atoms. The SMILES string of the molecule is CCOc1ccc([C@@H]2C3=C(Nc4ncnn42)c2ccccc2O[C@H]3c2cccc(OC)c2)cc1OC. The predicted molar refractivity (Wildman–Crippen MR) is 136 cm³/mol. The zero-order valence-corrected chi connectivity index (χ0v) is 20.3. The fraction of sp³-hybridized carbons (Fsp3) is 0.214. The van der Waals surface area contributed by atoms with Gasteiger partial charge in [-0.15, -0.1) is 0 Å². The highest BCUT2D eigenvalue weighted by molar-refractivity contribution is 5.85. The van der Waals surface area contributed by atoms with Crippen molar-refractivity contribution in [3.05, 3.63) is 95.3 Å². The second kappa shape index (κ2) is 8.96. The van der Waals surface area contributed by atoms with Gasteiger partial charge in [0.1, 0.15) is 30.0 Å². The van der Waals surface area contributed by atoms with Crippen LogP contribution in [0.25, 0.3) is 5.70 Å². The van der Waals surface area contributed by atoms with E-state index in [2.05, 4.69) is 27.5 Å². The first-order valence-electron chi connectivity index (χ1n) is 11.8. The van der Waals surface area contributed by atoms with E-state index in [4.69, 9.17) is 18.9 Å². The molecule has 3 heterocycles.